The Kier molecular flexibility index (Phi) is 6.49. The van der Waals surface area contributed by atoms with E-state index < -0.39 is 0 Å². The van der Waals surface area contributed by atoms with Crippen LogP contribution in [0.3, 0.4) is 0 Å². The Labute approximate surface area is 141 Å². The summed E-state index contributed by atoms with van der Waals surface area (Å²) in [6.45, 7) is 7.98. The third kappa shape index (κ3) is 5.61. The third-order valence-corrected chi connectivity index (χ3v) is 4.08. The molecule has 0 spiro atoms. The molecule has 1 amide bonds. The standard InChI is InChI=1S/C16H21FN4OS/c1-2-6-18-16(23)21-9-7-20(8-10-21)12-15(22)19-14-5-3-4-13(17)11-14/h2-5,11H,1,6-10,12H2,(H,18,23)(H,19,22)/p+1. The highest BCUT2D eigenvalue weighted by Crippen LogP contribution is 2.08. The number of hydrogen-bond acceptors (Lipinski definition) is 2. The highest BCUT2D eigenvalue weighted by Gasteiger charge is 2.23. The number of anilines is 1. The Morgan fingerprint density at radius 3 is 2.83 bits per heavy atom. The zero-order valence-corrected chi connectivity index (χ0v) is 13.8. The van der Waals surface area contributed by atoms with Gasteiger partial charge in [-0.25, -0.2) is 4.39 Å². The fourth-order valence-corrected chi connectivity index (χ4v) is 2.74. The van der Waals surface area contributed by atoms with E-state index in [4.69, 9.17) is 12.2 Å². The van der Waals surface area contributed by atoms with Crippen molar-refractivity contribution < 1.29 is 14.1 Å². The largest absolute Gasteiger partial charge is 0.359 e. The van der Waals surface area contributed by atoms with Crippen LogP contribution < -0.4 is 15.5 Å². The van der Waals surface area contributed by atoms with Crippen LogP contribution in [0.25, 0.3) is 0 Å². The molecule has 7 heteroatoms. The number of quaternary nitrogens is 1. The Morgan fingerprint density at radius 1 is 1.43 bits per heavy atom. The minimum Gasteiger partial charge on any atom is -0.359 e. The average molecular weight is 337 g/mol. The van der Waals surface area contributed by atoms with Gasteiger partial charge in [0.2, 0.25) is 0 Å². The number of benzene rings is 1. The van der Waals surface area contributed by atoms with Crippen molar-refractivity contribution in [3.63, 3.8) is 0 Å². The summed E-state index contributed by atoms with van der Waals surface area (Å²) in [7, 11) is 0. The van der Waals surface area contributed by atoms with Gasteiger partial charge in [0.15, 0.2) is 11.7 Å². The number of thiocarbonyl (C=S) groups is 1. The first-order chi connectivity index (χ1) is 11.1. The molecule has 0 bridgehead atoms. The van der Waals surface area contributed by atoms with Crippen LogP contribution in [0.15, 0.2) is 36.9 Å². The highest BCUT2D eigenvalue weighted by atomic mass is 32.1. The molecular weight excluding hydrogens is 315 g/mol. The first kappa shape index (κ1) is 17.4. The second-order valence-electron chi connectivity index (χ2n) is 5.45. The second-order valence-corrected chi connectivity index (χ2v) is 5.83. The maximum Gasteiger partial charge on any atom is 0.279 e. The zero-order valence-electron chi connectivity index (χ0n) is 13.0. The summed E-state index contributed by atoms with van der Waals surface area (Å²) < 4.78 is 13.1. The second kappa shape index (κ2) is 8.59. The number of nitrogens with one attached hydrogen (secondary N) is 3. The van der Waals surface area contributed by atoms with E-state index in [1.807, 2.05) is 0 Å². The zero-order chi connectivity index (χ0) is 16.7. The molecule has 0 saturated carbocycles. The molecule has 1 aromatic carbocycles. The van der Waals surface area contributed by atoms with Gasteiger partial charge in [0.1, 0.15) is 5.82 Å². The van der Waals surface area contributed by atoms with Gasteiger partial charge < -0.3 is 20.4 Å². The van der Waals surface area contributed by atoms with Crippen LogP contribution in [-0.4, -0.2) is 55.2 Å². The summed E-state index contributed by atoms with van der Waals surface area (Å²) in [6, 6.07) is 5.92. The average Bonchev–Trinajstić information content (AvgIpc) is 2.53. The topological polar surface area (TPSA) is 48.8 Å². The van der Waals surface area contributed by atoms with E-state index in [-0.39, 0.29) is 11.7 Å². The Bertz CT molecular complexity index is 573. The summed E-state index contributed by atoms with van der Waals surface area (Å²) in [5, 5.41) is 6.57. The Balaban J connectivity index is 1.74. The first-order valence-electron chi connectivity index (χ1n) is 7.61. The van der Waals surface area contributed by atoms with Crippen molar-refractivity contribution in [2.75, 3.05) is 44.6 Å². The number of halogens is 1. The van der Waals surface area contributed by atoms with Gasteiger partial charge in [0.25, 0.3) is 5.91 Å². The monoisotopic (exact) mass is 337 g/mol. The van der Waals surface area contributed by atoms with Crippen molar-refractivity contribution in [3.8, 4) is 0 Å². The molecule has 0 aromatic heterocycles. The van der Waals surface area contributed by atoms with Gasteiger partial charge in [-0.05, 0) is 30.4 Å². The Morgan fingerprint density at radius 2 is 2.17 bits per heavy atom. The van der Waals surface area contributed by atoms with E-state index in [1.165, 1.54) is 17.0 Å². The molecule has 1 aliphatic rings. The van der Waals surface area contributed by atoms with Gasteiger partial charge in [-0.2, -0.15) is 0 Å². The van der Waals surface area contributed by atoms with Crippen LogP contribution in [-0.2, 0) is 4.79 Å². The number of carbonyl (C=O) groups is 1. The SMILES string of the molecule is C=CCNC(=S)N1CC[NH+](CC(=O)Nc2cccc(F)c2)CC1. The lowest BCUT2D eigenvalue weighted by atomic mass is 10.3. The number of carbonyl (C=O) groups excluding carboxylic acids is 1. The number of rotatable bonds is 5. The number of nitrogens with zero attached hydrogens (tertiary/aromatic N) is 1. The molecule has 1 saturated heterocycles. The van der Waals surface area contributed by atoms with Crippen molar-refractivity contribution in [2.24, 2.45) is 0 Å². The van der Waals surface area contributed by atoms with Crippen LogP contribution in [0.4, 0.5) is 10.1 Å². The van der Waals surface area contributed by atoms with Crippen LogP contribution >= 0.6 is 12.2 Å². The minimum atomic E-state index is -0.357. The smallest absolute Gasteiger partial charge is 0.279 e. The van der Waals surface area contributed by atoms with Crippen LogP contribution in [0.5, 0.6) is 0 Å². The van der Waals surface area contributed by atoms with Crippen LogP contribution in [0, 0.1) is 5.82 Å². The quantitative estimate of drug-likeness (QED) is 0.524. The lowest BCUT2D eigenvalue weighted by molar-refractivity contribution is -0.895. The van der Waals surface area contributed by atoms with Crippen molar-refractivity contribution in [3.05, 3.63) is 42.7 Å². The molecule has 124 valence electrons. The minimum absolute atomic E-state index is 0.105. The van der Waals surface area contributed by atoms with Gasteiger partial charge in [-0.15, -0.1) is 6.58 Å². The lowest BCUT2D eigenvalue weighted by Crippen LogP contribution is -3.15. The van der Waals surface area contributed by atoms with Gasteiger partial charge in [-0.1, -0.05) is 12.1 Å². The fraction of sp³-hybridized carbons (Fsp3) is 0.375. The van der Waals surface area contributed by atoms with Crippen LogP contribution in [0.1, 0.15) is 0 Å². The predicted octanol–water partition coefficient (Wildman–Crippen LogP) is 0.0252. The Hall–Kier alpha value is -1.99. The van der Waals surface area contributed by atoms with E-state index in [0.29, 0.717) is 18.8 Å². The molecule has 5 nitrogen and oxygen atoms in total. The molecule has 0 atom stereocenters. The lowest BCUT2D eigenvalue weighted by Gasteiger charge is -2.33. The molecule has 2 rings (SSSR count). The summed E-state index contributed by atoms with van der Waals surface area (Å²) in [5.74, 6) is -0.462. The van der Waals surface area contributed by atoms with Crippen molar-refractivity contribution >= 4 is 28.9 Å². The predicted molar refractivity (Wildman–Crippen MR) is 93.0 cm³/mol. The van der Waals surface area contributed by atoms with Gasteiger partial charge in [-0.3, -0.25) is 4.79 Å². The highest BCUT2D eigenvalue weighted by molar-refractivity contribution is 7.80. The summed E-state index contributed by atoms with van der Waals surface area (Å²) >= 11 is 5.31. The maximum atomic E-state index is 13.1. The fourth-order valence-electron chi connectivity index (χ4n) is 2.47. The summed E-state index contributed by atoms with van der Waals surface area (Å²) in [4.78, 5) is 15.3. The number of amides is 1. The third-order valence-electron chi connectivity index (χ3n) is 3.67. The molecule has 3 N–H and O–H groups in total. The molecule has 0 unspecified atom stereocenters. The molecule has 23 heavy (non-hydrogen) atoms. The maximum absolute atomic E-state index is 13.1. The summed E-state index contributed by atoms with van der Waals surface area (Å²) in [6.07, 6.45) is 1.77. The van der Waals surface area contributed by atoms with Gasteiger partial charge >= 0.3 is 0 Å². The van der Waals surface area contributed by atoms with E-state index >= 15 is 0 Å². The molecule has 1 heterocycles. The van der Waals surface area contributed by atoms with Crippen LogP contribution in [0.2, 0.25) is 0 Å². The van der Waals surface area contributed by atoms with E-state index in [0.717, 1.165) is 31.3 Å². The van der Waals surface area contributed by atoms with Crippen molar-refractivity contribution in [2.45, 2.75) is 0 Å². The van der Waals surface area contributed by atoms with Gasteiger partial charge in [0, 0.05) is 12.2 Å². The number of hydrogen-bond donors (Lipinski definition) is 3. The molecule has 0 aliphatic carbocycles. The first-order valence-corrected chi connectivity index (χ1v) is 8.02. The van der Waals surface area contributed by atoms with Crippen molar-refractivity contribution in [1.29, 1.82) is 0 Å². The van der Waals surface area contributed by atoms with E-state index in [1.54, 1.807) is 18.2 Å². The molecule has 1 aromatic rings. The van der Waals surface area contributed by atoms with Crippen molar-refractivity contribution in [1.82, 2.24) is 10.2 Å². The number of piperazine rings is 1. The normalized spacial score (nSPS) is 15.1. The van der Waals surface area contributed by atoms with E-state index in [9.17, 15) is 9.18 Å². The molecular formula is C16H22FN4OS+. The molecule has 1 aliphatic heterocycles. The molecule has 1 fully saturated rings. The summed E-state index contributed by atoms with van der Waals surface area (Å²) in [5.41, 5.74) is 0.489. The van der Waals surface area contributed by atoms with Gasteiger partial charge in [0.05, 0.1) is 26.2 Å². The van der Waals surface area contributed by atoms with E-state index in [2.05, 4.69) is 22.1 Å². The molecule has 0 radical (unpaired) electrons.